The van der Waals surface area contributed by atoms with Gasteiger partial charge in [-0.25, -0.2) is 4.39 Å². The number of halogens is 4. The Hall–Kier alpha value is -2.25. The van der Waals surface area contributed by atoms with E-state index in [1.165, 1.54) is 6.07 Å². The first kappa shape index (κ1) is 19.5. The van der Waals surface area contributed by atoms with E-state index in [4.69, 9.17) is 34.8 Å². The van der Waals surface area contributed by atoms with Crippen molar-refractivity contribution in [1.82, 2.24) is 4.57 Å². The Morgan fingerprint density at radius 3 is 2.41 bits per heavy atom. The maximum atomic E-state index is 13.5. The number of aryl methyl sites for hydroxylation is 1. The minimum atomic E-state index is -0.466. The van der Waals surface area contributed by atoms with Gasteiger partial charge in [0.15, 0.2) is 0 Å². The van der Waals surface area contributed by atoms with Crippen LogP contribution in [0.15, 0.2) is 42.5 Å². The van der Waals surface area contributed by atoms with Gasteiger partial charge in [-0.05, 0) is 61.9 Å². The van der Waals surface area contributed by atoms with Gasteiger partial charge in [-0.3, -0.25) is 0 Å². The van der Waals surface area contributed by atoms with Crippen LogP contribution in [0, 0.1) is 31.0 Å². The molecule has 6 heteroatoms. The molecule has 27 heavy (non-hydrogen) atoms. The van der Waals surface area contributed by atoms with Crippen LogP contribution in [0.3, 0.4) is 0 Å². The molecule has 2 aromatic carbocycles. The molecule has 0 saturated carbocycles. The van der Waals surface area contributed by atoms with E-state index in [0.29, 0.717) is 21.2 Å². The molecule has 0 amide bonds. The topological polar surface area (TPSA) is 28.7 Å². The van der Waals surface area contributed by atoms with Gasteiger partial charge in [-0.2, -0.15) is 5.26 Å². The molecular formula is C21H14Cl3FN2. The van der Waals surface area contributed by atoms with Crippen LogP contribution in [-0.2, 0) is 0 Å². The minimum Gasteiger partial charge on any atom is -0.318 e. The molecule has 0 aliphatic carbocycles. The van der Waals surface area contributed by atoms with E-state index in [0.717, 1.165) is 22.6 Å². The molecule has 0 N–H and O–H groups in total. The second kappa shape index (κ2) is 7.78. The third-order valence-electron chi connectivity index (χ3n) is 4.27. The van der Waals surface area contributed by atoms with Gasteiger partial charge < -0.3 is 4.57 Å². The van der Waals surface area contributed by atoms with Gasteiger partial charge >= 0.3 is 0 Å². The first-order chi connectivity index (χ1) is 12.8. The molecule has 0 radical (unpaired) electrons. The molecule has 0 spiro atoms. The number of rotatable bonds is 3. The third kappa shape index (κ3) is 3.89. The predicted octanol–water partition coefficient (Wildman–Crippen LogP) is 7.26. The Morgan fingerprint density at radius 2 is 1.78 bits per heavy atom. The summed E-state index contributed by atoms with van der Waals surface area (Å²) in [7, 11) is 0. The van der Waals surface area contributed by atoms with Crippen LogP contribution in [-0.4, -0.2) is 4.57 Å². The van der Waals surface area contributed by atoms with Gasteiger partial charge in [0, 0.05) is 27.7 Å². The van der Waals surface area contributed by atoms with E-state index in [2.05, 4.69) is 6.07 Å². The monoisotopic (exact) mass is 418 g/mol. The molecule has 0 saturated heterocycles. The number of allylic oxidation sites excluding steroid dienone is 1. The smallest absolute Gasteiger partial charge is 0.141 e. The summed E-state index contributed by atoms with van der Waals surface area (Å²) in [6.07, 6.45) is 1.78. The van der Waals surface area contributed by atoms with Crippen molar-refractivity contribution in [1.29, 1.82) is 5.26 Å². The molecule has 0 unspecified atom stereocenters. The summed E-state index contributed by atoms with van der Waals surface area (Å²) in [5.41, 5.74) is 4.47. The number of aromatic nitrogens is 1. The summed E-state index contributed by atoms with van der Waals surface area (Å²) in [5, 5.41) is 10.6. The van der Waals surface area contributed by atoms with E-state index in [1.807, 2.05) is 24.5 Å². The highest BCUT2D eigenvalue weighted by Crippen LogP contribution is 2.30. The van der Waals surface area contributed by atoms with Crippen LogP contribution < -0.4 is 0 Å². The second-order valence-corrected chi connectivity index (χ2v) is 7.31. The van der Waals surface area contributed by atoms with E-state index < -0.39 is 5.82 Å². The molecule has 0 atom stereocenters. The normalized spacial score (nSPS) is 11.5. The van der Waals surface area contributed by atoms with Gasteiger partial charge in [-0.15, -0.1) is 0 Å². The first-order valence-corrected chi connectivity index (χ1v) is 9.17. The third-order valence-corrected chi connectivity index (χ3v) is 5.11. The maximum absolute atomic E-state index is 13.5. The zero-order valence-corrected chi connectivity index (χ0v) is 16.8. The van der Waals surface area contributed by atoms with Crippen molar-refractivity contribution in [3.63, 3.8) is 0 Å². The predicted molar refractivity (Wildman–Crippen MR) is 110 cm³/mol. The van der Waals surface area contributed by atoms with Crippen molar-refractivity contribution in [2.45, 2.75) is 13.8 Å². The molecule has 1 aromatic heterocycles. The Kier molecular flexibility index (Phi) is 5.62. The van der Waals surface area contributed by atoms with Crippen LogP contribution in [0.5, 0.6) is 0 Å². The van der Waals surface area contributed by atoms with Gasteiger partial charge in [0.05, 0.1) is 21.7 Å². The standard InChI is InChI=1S/C21H14Cl3FN2/c1-12-7-14(8-15(11-26)18-5-3-16(22)9-19(18)23)13(2)27(12)17-4-6-21(25)20(24)10-17/h3-10H,1-2H3/b15-8-. The molecule has 0 aliphatic rings. The molecule has 136 valence electrons. The average molecular weight is 420 g/mol. The lowest BCUT2D eigenvalue weighted by molar-refractivity contribution is 0.627. The minimum absolute atomic E-state index is 0.0581. The maximum Gasteiger partial charge on any atom is 0.141 e. The number of hydrogen-bond acceptors (Lipinski definition) is 1. The number of hydrogen-bond donors (Lipinski definition) is 0. The summed E-state index contributed by atoms with van der Waals surface area (Å²) in [5.74, 6) is -0.466. The van der Waals surface area contributed by atoms with E-state index in [1.54, 1.807) is 36.4 Å². The Labute approximate surface area is 172 Å². The van der Waals surface area contributed by atoms with Crippen molar-refractivity contribution in [2.24, 2.45) is 0 Å². The van der Waals surface area contributed by atoms with Crippen LogP contribution in [0.4, 0.5) is 4.39 Å². The average Bonchev–Trinajstić information content (AvgIpc) is 2.89. The highest BCUT2D eigenvalue weighted by Gasteiger charge is 2.13. The summed E-state index contributed by atoms with van der Waals surface area (Å²) in [6, 6.07) is 13.7. The summed E-state index contributed by atoms with van der Waals surface area (Å²) in [6.45, 7) is 3.86. The van der Waals surface area contributed by atoms with Crippen LogP contribution in [0.2, 0.25) is 15.1 Å². The van der Waals surface area contributed by atoms with Gasteiger partial charge in [0.1, 0.15) is 5.82 Å². The number of benzene rings is 2. The molecule has 2 nitrogen and oxygen atoms in total. The van der Waals surface area contributed by atoms with Crippen LogP contribution >= 0.6 is 34.8 Å². The fourth-order valence-electron chi connectivity index (χ4n) is 2.99. The lowest BCUT2D eigenvalue weighted by Crippen LogP contribution is -1.99. The lowest BCUT2D eigenvalue weighted by atomic mass is 10.0. The molecule has 0 fully saturated rings. The highest BCUT2D eigenvalue weighted by atomic mass is 35.5. The molecule has 1 heterocycles. The summed E-state index contributed by atoms with van der Waals surface area (Å²) in [4.78, 5) is 0. The lowest BCUT2D eigenvalue weighted by Gasteiger charge is -2.10. The van der Waals surface area contributed by atoms with Crippen molar-refractivity contribution in [3.8, 4) is 11.8 Å². The van der Waals surface area contributed by atoms with Crippen molar-refractivity contribution < 1.29 is 4.39 Å². The Bertz CT molecular complexity index is 1110. The van der Waals surface area contributed by atoms with Crippen molar-refractivity contribution in [2.75, 3.05) is 0 Å². The zero-order chi connectivity index (χ0) is 19.7. The van der Waals surface area contributed by atoms with Crippen LogP contribution in [0.1, 0.15) is 22.5 Å². The molecule has 3 aromatic rings. The summed E-state index contributed by atoms with van der Waals surface area (Å²) >= 11 is 18.1. The van der Waals surface area contributed by atoms with Gasteiger partial charge in [0.2, 0.25) is 0 Å². The fourth-order valence-corrected chi connectivity index (χ4v) is 3.67. The largest absolute Gasteiger partial charge is 0.318 e. The summed E-state index contributed by atoms with van der Waals surface area (Å²) < 4.78 is 15.4. The SMILES string of the molecule is Cc1cc(/C=C(/C#N)c2ccc(Cl)cc2Cl)c(C)n1-c1ccc(F)c(Cl)c1. The second-order valence-electron chi connectivity index (χ2n) is 6.05. The first-order valence-electron chi connectivity index (χ1n) is 8.03. The molecule has 3 rings (SSSR count). The molecule has 0 bridgehead atoms. The fraction of sp³-hybridized carbons (Fsp3) is 0.0952. The van der Waals surface area contributed by atoms with Crippen LogP contribution in [0.25, 0.3) is 17.3 Å². The van der Waals surface area contributed by atoms with E-state index >= 15 is 0 Å². The molecule has 0 aliphatic heterocycles. The Morgan fingerprint density at radius 1 is 1.04 bits per heavy atom. The Balaban J connectivity index is 2.11. The quantitative estimate of drug-likeness (QED) is 0.411. The van der Waals surface area contributed by atoms with E-state index in [-0.39, 0.29) is 5.02 Å². The van der Waals surface area contributed by atoms with Crippen molar-refractivity contribution >= 4 is 46.5 Å². The van der Waals surface area contributed by atoms with E-state index in [9.17, 15) is 9.65 Å². The highest BCUT2D eigenvalue weighted by molar-refractivity contribution is 6.36. The van der Waals surface area contributed by atoms with Gasteiger partial charge in [0.25, 0.3) is 0 Å². The van der Waals surface area contributed by atoms with Crippen molar-refractivity contribution in [3.05, 3.63) is 85.9 Å². The number of nitrogens with zero attached hydrogens (tertiary/aromatic N) is 2. The zero-order valence-electron chi connectivity index (χ0n) is 14.5. The number of nitriles is 1. The van der Waals surface area contributed by atoms with Gasteiger partial charge in [-0.1, -0.05) is 40.9 Å². The molecular weight excluding hydrogens is 406 g/mol.